The number of nitrogens with two attached hydrogens (primary N) is 1. The molecule has 4 nitrogen and oxygen atoms in total. The number of rotatable bonds is 2. The maximum Gasteiger partial charge on any atom is 0.268 e. The number of benzene rings is 2. The van der Waals surface area contributed by atoms with Gasteiger partial charge in [-0.1, -0.05) is 36.4 Å². The van der Waals surface area contributed by atoms with Gasteiger partial charge in [0.25, 0.3) is 11.8 Å². The van der Waals surface area contributed by atoms with Gasteiger partial charge in [-0.2, -0.15) is 0 Å². The number of fused-ring (bicyclic) bond motifs is 1. The minimum atomic E-state index is -3.16. The number of carbonyl (C=O) groups excluding carboxylic acids is 1. The highest BCUT2D eigenvalue weighted by Gasteiger charge is 2.48. The zero-order chi connectivity index (χ0) is 19.9. The summed E-state index contributed by atoms with van der Waals surface area (Å²) in [6.45, 7) is 0.00439. The van der Waals surface area contributed by atoms with Crippen molar-refractivity contribution in [2.45, 2.75) is 37.0 Å². The van der Waals surface area contributed by atoms with Crippen molar-refractivity contribution in [2.24, 2.45) is 5.73 Å². The molecule has 4 rings (SSSR count). The van der Waals surface area contributed by atoms with Crippen molar-refractivity contribution in [1.82, 2.24) is 4.90 Å². The van der Waals surface area contributed by atoms with Crippen LogP contribution in [0, 0.1) is 5.82 Å². The number of amides is 1. The van der Waals surface area contributed by atoms with Crippen LogP contribution >= 0.6 is 0 Å². The van der Waals surface area contributed by atoms with Crippen LogP contribution in [0.2, 0.25) is 0 Å². The van der Waals surface area contributed by atoms with Crippen LogP contribution in [-0.2, 0) is 16.0 Å². The zero-order valence-corrected chi connectivity index (χ0v) is 15.2. The highest BCUT2D eigenvalue weighted by Crippen LogP contribution is 2.37. The molecule has 2 aromatic rings. The van der Waals surface area contributed by atoms with Gasteiger partial charge in [0.15, 0.2) is 0 Å². The highest BCUT2D eigenvalue weighted by atomic mass is 19.3. The molecular weight excluding hydrogens is 369 g/mol. The minimum absolute atomic E-state index is 0.366. The molecule has 0 radical (unpaired) electrons. The Bertz CT molecular complexity index is 872. The van der Waals surface area contributed by atoms with Gasteiger partial charge < -0.3 is 15.4 Å². The van der Waals surface area contributed by atoms with Crippen molar-refractivity contribution < 1.29 is 22.7 Å². The first kappa shape index (κ1) is 19.0. The molecule has 2 aliphatic heterocycles. The fourth-order valence-corrected chi connectivity index (χ4v) is 3.95. The van der Waals surface area contributed by atoms with Crippen molar-refractivity contribution in [3.05, 3.63) is 71.0 Å². The Hall–Kier alpha value is -2.38. The van der Waals surface area contributed by atoms with Crippen LogP contribution in [-0.4, -0.2) is 42.0 Å². The minimum Gasteiger partial charge on any atom is -0.366 e. The second kappa shape index (κ2) is 7.22. The van der Waals surface area contributed by atoms with Crippen LogP contribution in [0.15, 0.2) is 48.5 Å². The Morgan fingerprint density at radius 3 is 2.57 bits per heavy atom. The van der Waals surface area contributed by atoms with Crippen molar-refractivity contribution in [1.29, 1.82) is 0 Å². The highest BCUT2D eigenvalue weighted by molar-refractivity contribution is 5.82. The van der Waals surface area contributed by atoms with E-state index in [0.717, 1.165) is 16.7 Å². The molecule has 1 fully saturated rings. The first-order valence-corrected chi connectivity index (χ1v) is 9.25. The molecule has 0 bridgehead atoms. The normalized spacial score (nSPS) is 26.6. The molecule has 0 aromatic heterocycles. The van der Waals surface area contributed by atoms with E-state index in [4.69, 9.17) is 10.5 Å². The fourth-order valence-electron chi connectivity index (χ4n) is 3.95. The molecule has 0 unspecified atom stereocenters. The maximum atomic E-state index is 14.1. The molecule has 2 aliphatic rings. The molecule has 3 atom stereocenters. The van der Waals surface area contributed by atoms with E-state index in [1.807, 2.05) is 24.3 Å². The van der Waals surface area contributed by atoms with E-state index >= 15 is 0 Å². The standard InChI is InChI=1S/C21H21F3N2O2/c22-15-7-5-14(6-8-15)19-16-4-2-1-3-13(16)9-10-26(19)20(27)17-11-21(23,24)18(25)12-28-17/h1-8,17-19H,9-12,25H2/t17-,18-,19-/m0/s1. The first-order chi connectivity index (χ1) is 13.4. The number of nitrogens with zero attached hydrogens (tertiary/aromatic N) is 1. The van der Waals surface area contributed by atoms with Crippen LogP contribution in [0.25, 0.3) is 0 Å². The summed E-state index contributed by atoms with van der Waals surface area (Å²) in [6, 6.07) is 11.7. The summed E-state index contributed by atoms with van der Waals surface area (Å²) in [4.78, 5) is 14.7. The van der Waals surface area contributed by atoms with E-state index in [1.165, 1.54) is 12.1 Å². The average molecular weight is 390 g/mol. The van der Waals surface area contributed by atoms with Gasteiger partial charge in [0.2, 0.25) is 0 Å². The summed E-state index contributed by atoms with van der Waals surface area (Å²) >= 11 is 0. The number of ether oxygens (including phenoxy) is 1. The Morgan fingerprint density at radius 2 is 1.86 bits per heavy atom. The average Bonchev–Trinajstić information content (AvgIpc) is 2.69. The predicted molar refractivity (Wildman–Crippen MR) is 97.4 cm³/mol. The number of hydrogen-bond acceptors (Lipinski definition) is 3. The Morgan fingerprint density at radius 1 is 1.14 bits per heavy atom. The van der Waals surface area contributed by atoms with Crippen molar-refractivity contribution in [3.8, 4) is 0 Å². The fraction of sp³-hybridized carbons (Fsp3) is 0.381. The number of hydrogen-bond donors (Lipinski definition) is 1. The molecule has 0 spiro atoms. The van der Waals surface area contributed by atoms with E-state index < -0.39 is 36.4 Å². The van der Waals surface area contributed by atoms with Crippen molar-refractivity contribution in [3.63, 3.8) is 0 Å². The Balaban J connectivity index is 1.69. The predicted octanol–water partition coefficient (Wildman–Crippen LogP) is 3.05. The Labute approximate surface area is 161 Å². The molecule has 1 amide bonds. The number of alkyl halides is 2. The molecule has 7 heteroatoms. The van der Waals surface area contributed by atoms with Gasteiger partial charge in [-0.05, 0) is 35.2 Å². The topological polar surface area (TPSA) is 55.6 Å². The Kier molecular flexibility index (Phi) is 4.89. The van der Waals surface area contributed by atoms with Crippen LogP contribution in [0.5, 0.6) is 0 Å². The van der Waals surface area contributed by atoms with Gasteiger partial charge in [0.05, 0.1) is 18.7 Å². The lowest BCUT2D eigenvalue weighted by atomic mass is 9.87. The van der Waals surface area contributed by atoms with Gasteiger partial charge in [-0.15, -0.1) is 0 Å². The van der Waals surface area contributed by atoms with E-state index in [2.05, 4.69) is 0 Å². The lowest BCUT2D eigenvalue weighted by molar-refractivity contribution is -0.172. The van der Waals surface area contributed by atoms with Crippen molar-refractivity contribution in [2.75, 3.05) is 13.2 Å². The molecule has 28 heavy (non-hydrogen) atoms. The van der Waals surface area contributed by atoms with Gasteiger partial charge in [0.1, 0.15) is 11.9 Å². The smallest absolute Gasteiger partial charge is 0.268 e. The molecular formula is C21H21F3N2O2. The van der Waals surface area contributed by atoms with Crippen molar-refractivity contribution >= 4 is 5.91 Å². The van der Waals surface area contributed by atoms with Crippen LogP contribution in [0.3, 0.4) is 0 Å². The van der Waals surface area contributed by atoms with Gasteiger partial charge in [0, 0.05) is 13.0 Å². The summed E-state index contributed by atoms with van der Waals surface area (Å²) in [5, 5.41) is 0. The quantitative estimate of drug-likeness (QED) is 0.858. The summed E-state index contributed by atoms with van der Waals surface area (Å²) in [6.07, 6.45) is -1.37. The van der Waals surface area contributed by atoms with Gasteiger partial charge in [-0.25, -0.2) is 13.2 Å². The number of halogens is 3. The lowest BCUT2D eigenvalue weighted by Crippen LogP contribution is -2.56. The maximum absolute atomic E-state index is 14.1. The molecule has 2 N–H and O–H groups in total. The van der Waals surface area contributed by atoms with E-state index in [0.29, 0.717) is 13.0 Å². The van der Waals surface area contributed by atoms with E-state index in [9.17, 15) is 18.0 Å². The largest absolute Gasteiger partial charge is 0.366 e. The third-order valence-electron chi connectivity index (χ3n) is 5.50. The summed E-state index contributed by atoms with van der Waals surface area (Å²) < 4.78 is 46.9. The van der Waals surface area contributed by atoms with E-state index in [1.54, 1.807) is 17.0 Å². The zero-order valence-electron chi connectivity index (χ0n) is 15.2. The molecule has 2 aromatic carbocycles. The second-order valence-electron chi connectivity index (χ2n) is 7.33. The molecule has 1 saturated heterocycles. The summed E-state index contributed by atoms with van der Waals surface area (Å²) in [7, 11) is 0. The van der Waals surface area contributed by atoms with Gasteiger partial charge in [-0.3, -0.25) is 4.79 Å². The third-order valence-corrected chi connectivity index (χ3v) is 5.50. The van der Waals surface area contributed by atoms with Crippen LogP contribution in [0.4, 0.5) is 13.2 Å². The van der Waals surface area contributed by atoms with Gasteiger partial charge >= 0.3 is 0 Å². The molecule has 2 heterocycles. The summed E-state index contributed by atoms with van der Waals surface area (Å²) in [5.74, 6) is -4.03. The lowest BCUT2D eigenvalue weighted by Gasteiger charge is -2.41. The van der Waals surface area contributed by atoms with Crippen LogP contribution < -0.4 is 5.73 Å². The molecule has 148 valence electrons. The third kappa shape index (κ3) is 3.40. The number of carbonyl (C=O) groups is 1. The monoisotopic (exact) mass is 390 g/mol. The second-order valence-corrected chi connectivity index (χ2v) is 7.33. The first-order valence-electron chi connectivity index (χ1n) is 9.25. The molecule has 0 saturated carbocycles. The van der Waals surface area contributed by atoms with Crippen LogP contribution in [0.1, 0.15) is 29.2 Å². The summed E-state index contributed by atoms with van der Waals surface area (Å²) in [5.41, 5.74) is 8.13. The SMILES string of the molecule is N[C@H]1CO[C@H](C(=O)N2CCc3ccccc3[C@@H]2c2ccc(F)cc2)CC1(F)F. The molecule has 0 aliphatic carbocycles. The van der Waals surface area contributed by atoms with E-state index in [-0.39, 0.29) is 12.4 Å².